The minimum absolute atomic E-state index is 0.318. The molecule has 82 valence electrons. The molecule has 1 aliphatic heterocycles. The van der Waals surface area contributed by atoms with Crippen LogP contribution in [0.2, 0.25) is 0 Å². The highest BCUT2D eigenvalue weighted by Gasteiger charge is 2.43. The van der Waals surface area contributed by atoms with Gasteiger partial charge < -0.3 is 20.1 Å². The van der Waals surface area contributed by atoms with Crippen molar-refractivity contribution in [2.75, 3.05) is 6.61 Å². The fraction of sp³-hybridized carbons (Fsp3) is 0.500. The summed E-state index contributed by atoms with van der Waals surface area (Å²) in [6.07, 6.45) is -1.94. The van der Waals surface area contributed by atoms with Gasteiger partial charge in [0.25, 0.3) is 0 Å². The molecule has 2 rings (SSSR count). The summed E-state index contributed by atoms with van der Waals surface area (Å²) >= 11 is 0. The summed E-state index contributed by atoms with van der Waals surface area (Å²) in [5.41, 5.74) is 0.556. The first kappa shape index (κ1) is 10.5. The fourth-order valence-electron chi connectivity index (χ4n) is 1.69. The molecule has 1 aliphatic rings. The van der Waals surface area contributed by atoms with Crippen molar-refractivity contribution >= 4 is 0 Å². The lowest BCUT2D eigenvalue weighted by Crippen LogP contribution is -2.32. The first-order chi connectivity index (χ1) is 7.24. The molecule has 3 N–H and O–H groups in total. The van der Waals surface area contributed by atoms with Gasteiger partial charge in [0.05, 0.1) is 12.3 Å². The molecule has 5 nitrogen and oxygen atoms in total. The number of aliphatic hydroxyl groups excluding tert-OH is 3. The summed E-state index contributed by atoms with van der Waals surface area (Å²) in [5.74, 6) is 0. The SMILES string of the molecule is OC[C@H]1O[C@@H](c2ccccn2)[C@H](O)[C@@H]1O. The third kappa shape index (κ3) is 1.87. The van der Waals surface area contributed by atoms with Gasteiger partial charge >= 0.3 is 0 Å². The van der Waals surface area contributed by atoms with E-state index in [1.54, 1.807) is 24.4 Å². The van der Waals surface area contributed by atoms with Crippen molar-refractivity contribution < 1.29 is 20.1 Å². The van der Waals surface area contributed by atoms with Crippen molar-refractivity contribution in [3.63, 3.8) is 0 Å². The van der Waals surface area contributed by atoms with E-state index >= 15 is 0 Å². The number of hydrogen-bond acceptors (Lipinski definition) is 5. The zero-order chi connectivity index (χ0) is 10.8. The van der Waals surface area contributed by atoms with E-state index in [-0.39, 0.29) is 6.61 Å². The Morgan fingerprint density at radius 2 is 2.07 bits per heavy atom. The Kier molecular flexibility index (Phi) is 2.97. The molecule has 0 aliphatic carbocycles. The van der Waals surface area contributed by atoms with Gasteiger partial charge in [-0.2, -0.15) is 0 Å². The van der Waals surface area contributed by atoms with Crippen LogP contribution in [0.4, 0.5) is 0 Å². The standard InChI is InChI=1S/C10H13NO4/c12-5-7-8(13)9(14)10(15-7)6-3-1-2-4-11-6/h1-4,7-10,12-14H,5H2/t7-,8-,9-,10+/m1/s1. The maximum Gasteiger partial charge on any atom is 0.128 e. The van der Waals surface area contributed by atoms with Crippen molar-refractivity contribution in [2.24, 2.45) is 0 Å². The van der Waals surface area contributed by atoms with E-state index in [2.05, 4.69) is 4.98 Å². The minimum atomic E-state index is -1.07. The monoisotopic (exact) mass is 211 g/mol. The number of ether oxygens (including phenoxy) is 1. The third-order valence-corrected chi connectivity index (χ3v) is 2.52. The number of nitrogens with zero attached hydrogens (tertiary/aromatic N) is 1. The van der Waals surface area contributed by atoms with Gasteiger partial charge in [0.2, 0.25) is 0 Å². The average Bonchev–Trinajstić information content (AvgIpc) is 2.57. The number of aromatic nitrogens is 1. The summed E-state index contributed by atoms with van der Waals surface area (Å²) < 4.78 is 5.31. The van der Waals surface area contributed by atoms with Gasteiger partial charge in [-0.1, -0.05) is 6.07 Å². The lowest BCUT2D eigenvalue weighted by molar-refractivity contribution is -0.0239. The smallest absolute Gasteiger partial charge is 0.128 e. The van der Waals surface area contributed by atoms with Gasteiger partial charge in [0, 0.05) is 6.20 Å². The largest absolute Gasteiger partial charge is 0.394 e. The summed E-state index contributed by atoms with van der Waals surface area (Å²) in [7, 11) is 0. The van der Waals surface area contributed by atoms with E-state index in [4.69, 9.17) is 9.84 Å². The van der Waals surface area contributed by atoms with Crippen LogP contribution in [0.1, 0.15) is 11.8 Å². The number of pyridine rings is 1. The van der Waals surface area contributed by atoms with Gasteiger partial charge in [-0.15, -0.1) is 0 Å². The number of aliphatic hydroxyl groups is 3. The molecule has 4 atom stereocenters. The van der Waals surface area contributed by atoms with Crippen LogP contribution in [-0.2, 0) is 4.74 Å². The van der Waals surface area contributed by atoms with Crippen molar-refractivity contribution in [2.45, 2.75) is 24.4 Å². The number of rotatable bonds is 2. The Morgan fingerprint density at radius 3 is 2.60 bits per heavy atom. The normalized spacial score (nSPS) is 35.7. The Morgan fingerprint density at radius 1 is 1.27 bits per heavy atom. The lowest BCUT2D eigenvalue weighted by Gasteiger charge is -2.13. The van der Waals surface area contributed by atoms with Crippen molar-refractivity contribution in [1.29, 1.82) is 0 Å². The molecule has 0 amide bonds. The summed E-state index contributed by atoms with van der Waals surface area (Å²) in [6.45, 7) is -0.318. The molecule has 15 heavy (non-hydrogen) atoms. The molecular formula is C10H13NO4. The highest BCUT2D eigenvalue weighted by molar-refractivity contribution is 5.11. The van der Waals surface area contributed by atoms with E-state index in [0.717, 1.165) is 0 Å². The fourth-order valence-corrected chi connectivity index (χ4v) is 1.69. The summed E-state index contributed by atoms with van der Waals surface area (Å²) in [6, 6.07) is 5.24. The molecule has 0 unspecified atom stereocenters. The van der Waals surface area contributed by atoms with Crippen molar-refractivity contribution in [3.8, 4) is 0 Å². The molecule has 0 radical (unpaired) electrons. The van der Waals surface area contributed by atoms with Crippen LogP contribution in [-0.4, -0.2) is 45.2 Å². The Labute approximate surface area is 87.0 Å². The predicted octanol–water partition coefficient (Wildman–Crippen LogP) is -0.764. The Balaban J connectivity index is 2.19. The average molecular weight is 211 g/mol. The topological polar surface area (TPSA) is 82.8 Å². The molecule has 0 bridgehead atoms. The molecule has 1 saturated heterocycles. The molecule has 0 spiro atoms. The Hall–Kier alpha value is -1.01. The van der Waals surface area contributed by atoms with Crippen LogP contribution >= 0.6 is 0 Å². The van der Waals surface area contributed by atoms with E-state index in [0.29, 0.717) is 5.69 Å². The third-order valence-electron chi connectivity index (χ3n) is 2.52. The first-order valence-corrected chi connectivity index (χ1v) is 4.77. The van der Waals surface area contributed by atoms with E-state index < -0.39 is 24.4 Å². The predicted molar refractivity (Wildman–Crippen MR) is 51.0 cm³/mol. The van der Waals surface area contributed by atoms with Crippen LogP contribution in [0.5, 0.6) is 0 Å². The molecule has 1 aromatic rings. The van der Waals surface area contributed by atoms with Gasteiger partial charge in [-0.3, -0.25) is 4.98 Å². The van der Waals surface area contributed by atoms with Gasteiger partial charge in [-0.25, -0.2) is 0 Å². The zero-order valence-corrected chi connectivity index (χ0v) is 8.02. The number of hydrogen-bond donors (Lipinski definition) is 3. The quantitative estimate of drug-likeness (QED) is 0.598. The second kappa shape index (κ2) is 4.24. The van der Waals surface area contributed by atoms with Crippen molar-refractivity contribution in [1.82, 2.24) is 4.98 Å². The summed E-state index contributed by atoms with van der Waals surface area (Å²) in [4.78, 5) is 4.04. The summed E-state index contributed by atoms with van der Waals surface area (Å²) in [5, 5.41) is 28.1. The maximum absolute atomic E-state index is 9.69. The first-order valence-electron chi connectivity index (χ1n) is 4.77. The van der Waals surface area contributed by atoms with E-state index in [1.165, 1.54) is 0 Å². The highest BCUT2D eigenvalue weighted by atomic mass is 16.6. The lowest BCUT2D eigenvalue weighted by atomic mass is 10.1. The minimum Gasteiger partial charge on any atom is -0.394 e. The highest BCUT2D eigenvalue weighted by Crippen LogP contribution is 2.31. The second-order valence-corrected chi connectivity index (χ2v) is 3.51. The van der Waals surface area contributed by atoms with Gasteiger partial charge in [-0.05, 0) is 12.1 Å². The van der Waals surface area contributed by atoms with Gasteiger partial charge in [0.1, 0.15) is 24.4 Å². The molecule has 1 aromatic heterocycles. The van der Waals surface area contributed by atoms with E-state index in [9.17, 15) is 10.2 Å². The van der Waals surface area contributed by atoms with Crippen LogP contribution in [0.25, 0.3) is 0 Å². The maximum atomic E-state index is 9.69. The van der Waals surface area contributed by atoms with Crippen LogP contribution in [0, 0.1) is 0 Å². The zero-order valence-electron chi connectivity index (χ0n) is 8.02. The molecule has 0 aromatic carbocycles. The van der Waals surface area contributed by atoms with Crippen LogP contribution in [0.3, 0.4) is 0 Å². The van der Waals surface area contributed by atoms with Gasteiger partial charge in [0.15, 0.2) is 0 Å². The van der Waals surface area contributed by atoms with Crippen LogP contribution in [0.15, 0.2) is 24.4 Å². The molecular weight excluding hydrogens is 198 g/mol. The van der Waals surface area contributed by atoms with Crippen molar-refractivity contribution in [3.05, 3.63) is 30.1 Å². The second-order valence-electron chi connectivity index (χ2n) is 3.51. The van der Waals surface area contributed by atoms with Crippen LogP contribution < -0.4 is 0 Å². The molecule has 0 saturated carbocycles. The molecule has 2 heterocycles. The Bertz CT molecular complexity index is 318. The molecule has 1 fully saturated rings. The van der Waals surface area contributed by atoms with E-state index in [1.807, 2.05) is 0 Å². The molecule has 5 heteroatoms.